The minimum absolute atomic E-state index is 0.0196. The number of halogens is 2. The molecule has 6 nitrogen and oxygen atoms in total. The third-order valence-corrected chi connectivity index (χ3v) is 5.29. The maximum absolute atomic E-state index is 12.4. The molecule has 0 spiro atoms. The molecule has 0 aromatic heterocycles. The average Bonchev–Trinajstić information content (AvgIpc) is 2.82. The Morgan fingerprint density at radius 1 is 1.06 bits per heavy atom. The number of hydrogen-bond donors (Lipinski definition) is 2. The molecule has 0 atom stereocenters. The molecule has 0 saturated carbocycles. The summed E-state index contributed by atoms with van der Waals surface area (Å²) in [5.74, 6) is -0.336. The van der Waals surface area contributed by atoms with Gasteiger partial charge in [0.1, 0.15) is 17.4 Å². The van der Waals surface area contributed by atoms with Gasteiger partial charge in [-0.3, -0.25) is 9.59 Å². The van der Waals surface area contributed by atoms with Crippen LogP contribution >= 0.6 is 27.5 Å². The summed E-state index contributed by atoms with van der Waals surface area (Å²) in [6, 6.07) is 23.2. The molecule has 0 unspecified atom stereocenters. The van der Waals surface area contributed by atoms with Crippen LogP contribution < -0.4 is 15.4 Å². The van der Waals surface area contributed by atoms with Gasteiger partial charge in [0.15, 0.2) is 6.61 Å². The van der Waals surface area contributed by atoms with Gasteiger partial charge in [-0.25, -0.2) is 0 Å². The molecule has 0 aliphatic heterocycles. The Morgan fingerprint density at radius 2 is 1.79 bits per heavy atom. The van der Waals surface area contributed by atoms with Crippen LogP contribution in [0.4, 0.5) is 5.69 Å². The summed E-state index contributed by atoms with van der Waals surface area (Å²) < 4.78 is 6.15. The Kier molecular flexibility index (Phi) is 8.64. The van der Waals surface area contributed by atoms with Crippen molar-refractivity contribution in [3.05, 3.63) is 99.0 Å². The van der Waals surface area contributed by atoms with E-state index in [0.717, 1.165) is 5.56 Å². The Bertz CT molecular complexity index is 1210. The van der Waals surface area contributed by atoms with E-state index < -0.39 is 5.91 Å². The second kappa shape index (κ2) is 11.9. The average molecular weight is 525 g/mol. The molecule has 2 amide bonds. The van der Waals surface area contributed by atoms with Crippen LogP contribution in [0.2, 0.25) is 5.02 Å². The molecule has 0 saturated heterocycles. The summed E-state index contributed by atoms with van der Waals surface area (Å²) in [6.45, 7) is 0.134. The summed E-state index contributed by atoms with van der Waals surface area (Å²) >= 11 is 9.23. The van der Waals surface area contributed by atoms with E-state index in [-0.39, 0.29) is 18.1 Å². The summed E-state index contributed by atoms with van der Waals surface area (Å²) in [5.41, 5.74) is 2.16. The first kappa shape index (κ1) is 24.1. The number of anilines is 1. The monoisotopic (exact) mass is 523 g/mol. The minimum Gasteiger partial charge on any atom is -0.483 e. The molecular weight excluding hydrogens is 506 g/mol. The van der Waals surface area contributed by atoms with E-state index in [1.807, 2.05) is 36.4 Å². The third kappa shape index (κ3) is 7.49. The normalized spacial score (nSPS) is 10.8. The summed E-state index contributed by atoms with van der Waals surface area (Å²) in [6.07, 6.45) is 1.49. The molecule has 3 aromatic carbocycles. The van der Waals surface area contributed by atoms with E-state index in [0.29, 0.717) is 33.0 Å². The van der Waals surface area contributed by atoms with Crippen molar-refractivity contribution in [1.82, 2.24) is 5.32 Å². The van der Waals surface area contributed by atoms with Crippen molar-refractivity contribution >= 4 is 51.1 Å². The Hall–Kier alpha value is -3.60. The van der Waals surface area contributed by atoms with E-state index in [2.05, 4.69) is 26.6 Å². The van der Waals surface area contributed by atoms with E-state index in [1.165, 1.54) is 6.08 Å². The van der Waals surface area contributed by atoms with Gasteiger partial charge in [0, 0.05) is 17.3 Å². The number of nitrogens with zero attached hydrogens (tertiary/aromatic N) is 1. The maximum Gasteiger partial charge on any atom is 0.262 e. The second-order valence-electron chi connectivity index (χ2n) is 6.87. The number of nitriles is 1. The topological polar surface area (TPSA) is 91.2 Å². The van der Waals surface area contributed by atoms with E-state index in [9.17, 15) is 14.9 Å². The lowest BCUT2D eigenvalue weighted by Crippen LogP contribution is -2.23. The lowest BCUT2D eigenvalue weighted by atomic mass is 10.1. The first-order valence-electron chi connectivity index (χ1n) is 9.86. The molecule has 3 aromatic rings. The Balaban J connectivity index is 1.58. The van der Waals surface area contributed by atoms with Gasteiger partial charge in [-0.15, -0.1) is 0 Å². The number of rotatable bonds is 8. The molecule has 0 radical (unpaired) electrons. The molecule has 33 heavy (non-hydrogen) atoms. The predicted molar refractivity (Wildman–Crippen MR) is 132 cm³/mol. The molecule has 0 fully saturated rings. The number of hydrogen-bond acceptors (Lipinski definition) is 4. The molecule has 8 heteroatoms. The number of carbonyl (C=O) groups is 2. The van der Waals surface area contributed by atoms with E-state index >= 15 is 0 Å². The van der Waals surface area contributed by atoms with Crippen LogP contribution in [0, 0.1) is 11.3 Å². The fourth-order valence-electron chi connectivity index (χ4n) is 2.79. The zero-order chi connectivity index (χ0) is 23.6. The lowest BCUT2D eigenvalue weighted by Gasteiger charge is -2.10. The van der Waals surface area contributed by atoms with Gasteiger partial charge >= 0.3 is 0 Å². The minimum atomic E-state index is -0.461. The highest BCUT2D eigenvalue weighted by molar-refractivity contribution is 9.10. The zero-order valence-corrected chi connectivity index (χ0v) is 19.7. The van der Waals surface area contributed by atoms with Crippen molar-refractivity contribution in [2.45, 2.75) is 6.54 Å². The lowest BCUT2D eigenvalue weighted by molar-refractivity contribution is -0.118. The molecule has 2 N–H and O–H groups in total. The van der Waals surface area contributed by atoms with Gasteiger partial charge < -0.3 is 15.4 Å². The van der Waals surface area contributed by atoms with Gasteiger partial charge in [-0.05, 0) is 69.5 Å². The van der Waals surface area contributed by atoms with Crippen LogP contribution in [-0.2, 0) is 16.1 Å². The summed E-state index contributed by atoms with van der Waals surface area (Å²) in [4.78, 5) is 24.5. The standard InChI is InChI=1S/C25H19BrClN3O3/c26-22-13-18(12-19(14-28)25(32)29-15-17-4-2-1-3-5-17)6-11-23(22)33-16-24(31)30-21-9-7-20(27)8-10-21/h1-13H,15-16H2,(H,29,32)(H,30,31)/b19-12+. The largest absolute Gasteiger partial charge is 0.483 e. The predicted octanol–water partition coefficient (Wildman–Crippen LogP) is 5.34. The molecule has 0 bridgehead atoms. The summed E-state index contributed by atoms with van der Waals surface area (Å²) in [5, 5.41) is 15.4. The van der Waals surface area contributed by atoms with Gasteiger partial charge in [0.05, 0.1) is 4.47 Å². The highest BCUT2D eigenvalue weighted by Crippen LogP contribution is 2.27. The highest BCUT2D eigenvalue weighted by Gasteiger charge is 2.11. The van der Waals surface area contributed by atoms with Crippen LogP contribution in [0.15, 0.2) is 82.8 Å². The van der Waals surface area contributed by atoms with Crippen LogP contribution in [0.1, 0.15) is 11.1 Å². The number of ether oxygens (including phenoxy) is 1. The van der Waals surface area contributed by atoms with E-state index in [1.54, 1.807) is 42.5 Å². The maximum atomic E-state index is 12.4. The van der Waals surface area contributed by atoms with Crippen LogP contribution in [0.25, 0.3) is 6.08 Å². The Morgan fingerprint density at radius 3 is 2.45 bits per heavy atom. The number of benzene rings is 3. The third-order valence-electron chi connectivity index (χ3n) is 4.41. The van der Waals surface area contributed by atoms with Crippen molar-refractivity contribution in [2.24, 2.45) is 0 Å². The quantitative estimate of drug-likeness (QED) is 0.307. The fourth-order valence-corrected chi connectivity index (χ4v) is 3.42. The fraction of sp³-hybridized carbons (Fsp3) is 0.0800. The number of carbonyl (C=O) groups excluding carboxylic acids is 2. The van der Waals surface area contributed by atoms with Crippen molar-refractivity contribution in [3.8, 4) is 11.8 Å². The second-order valence-corrected chi connectivity index (χ2v) is 8.16. The molecule has 0 heterocycles. The first-order valence-corrected chi connectivity index (χ1v) is 11.0. The number of nitrogens with one attached hydrogen (secondary N) is 2. The van der Waals surface area contributed by atoms with Gasteiger partial charge in [0.2, 0.25) is 0 Å². The molecule has 0 aliphatic carbocycles. The van der Waals surface area contributed by atoms with Gasteiger partial charge in [-0.2, -0.15) is 5.26 Å². The smallest absolute Gasteiger partial charge is 0.262 e. The van der Waals surface area contributed by atoms with Gasteiger partial charge in [0.25, 0.3) is 11.8 Å². The van der Waals surface area contributed by atoms with Crippen molar-refractivity contribution in [2.75, 3.05) is 11.9 Å². The highest BCUT2D eigenvalue weighted by atomic mass is 79.9. The molecule has 3 rings (SSSR count). The van der Waals surface area contributed by atoms with Crippen molar-refractivity contribution in [1.29, 1.82) is 5.26 Å². The zero-order valence-electron chi connectivity index (χ0n) is 17.3. The molecule has 0 aliphatic rings. The number of amides is 2. The van der Waals surface area contributed by atoms with Crippen LogP contribution in [0.5, 0.6) is 5.75 Å². The summed E-state index contributed by atoms with van der Waals surface area (Å²) in [7, 11) is 0. The van der Waals surface area contributed by atoms with Crippen molar-refractivity contribution in [3.63, 3.8) is 0 Å². The van der Waals surface area contributed by atoms with Crippen molar-refractivity contribution < 1.29 is 14.3 Å². The first-order chi connectivity index (χ1) is 15.9. The van der Waals surface area contributed by atoms with Gasteiger partial charge in [-0.1, -0.05) is 48.0 Å². The van der Waals surface area contributed by atoms with E-state index in [4.69, 9.17) is 16.3 Å². The molecule has 166 valence electrons. The SMILES string of the molecule is N#C/C(=C\c1ccc(OCC(=O)Nc2ccc(Cl)cc2)c(Br)c1)C(=O)NCc1ccccc1. The molecular formula is C25H19BrClN3O3. The Labute approximate surface area is 205 Å². The van der Waals surface area contributed by atoms with Crippen LogP contribution in [0.3, 0.4) is 0 Å². The van der Waals surface area contributed by atoms with Crippen LogP contribution in [-0.4, -0.2) is 18.4 Å².